The third kappa shape index (κ3) is 4.30. The van der Waals surface area contributed by atoms with Crippen LogP contribution in [-0.4, -0.2) is 17.4 Å². The molecule has 0 radical (unpaired) electrons. The molecule has 3 rings (SSSR count). The zero-order valence-corrected chi connectivity index (χ0v) is 17.6. The van der Waals surface area contributed by atoms with Gasteiger partial charge in [0.25, 0.3) is 0 Å². The monoisotopic (exact) mass is 400 g/mol. The minimum atomic E-state index is -0.704. The predicted octanol–water partition coefficient (Wildman–Crippen LogP) is 6.04. The van der Waals surface area contributed by atoms with E-state index in [0.717, 1.165) is 22.4 Å². The lowest BCUT2D eigenvalue weighted by molar-refractivity contribution is 0.0112. The number of amides is 1. The van der Waals surface area contributed by atoms with E-state index in [1.54, 1.807) is 0 Å². The molecule has 0 saturated heterocycles. The van der Waals surface area contributed by atoms with Gasteiger partial charge >= 0.3 is 6.09 Å². The van der Waals surface area contributed by atoms with Gasteiger partial charge in [-0.25, -0.2) is 4.79 Å². The Balaban J connectivity index is 1.92. The molecule has 0 fully saturated rings. The van der Waals surface area contributed by atoms with Crippen molar-refractivity contribution in [1.82, 2.24) is 0 Å². The van der Waals surface area contributed by atoms with Crippen LogP contribution >= 0.6 is 11.6 Å². The summed E-state index contributed by atoms with van der Waals surface area (Å²) < 4.78 is 5.34. The standard InChI is InChI=1S/C22H25ClN2O3/c1-14-12-17(8-11-19(14)24-20(26)27-21(3,4)5)22(13-15(2)25-28-22)16-6-9-18(23)10-7-16/h6-12H,13H2,1-5H3,(H,24,26). The molecule has 0 aromatic heterocycles. The van der Waals surface area contributed by atoms with Gasteiger partial charge in [0, 0.05) is 28.3 Å². The molecule has 28 heavy (non-hydrogen) atoms. The van der Waals surface area contributed by atoms with Crippen LogP contribution < -0.4 is 5.32 Å². The Labute approximate surface area is 170 Å². The number of carbonyl (C=O) groups excluding carboxylic acids is 1. The van der Waals surface area contributed by atoms with E-state index in [-0.39, 0.29) is 0 Å². The van der Waals surface area contributed by atoms with E-state index < -0.39 is 17.3 Å². The van der Waals surface area contributed by atoms with Gasteiger partial charge in [-0.3, -0.25) is 5.32 Å². The summed E-state index contributed by atoms with van der Waals surface area (Å²) in [5, 5.41) is 7.67. The van der Waals surface area contributed by atoms with Gasteiger partial charge in [0.2, 0.25) is 0 Å². The summed E-state index contributed by atoms with van der Waals surface area (Å²) in [5.41, 5.74) is 3.20. The fourth-order valence-electron chi connectivity index (χ4n) is 3.24. The number of hydrogen-bond donors (Lipinski definition) is 1. The van der Waals surface area contributed by atoms with Gasteiger partial charge in [0.1, 0.15) is 5.60 Å². The van der Waals surface area contributed by atoms with Gasteiger partial charge in [0.15, 0.2) is 5.60 Å². The first-order valence-electron chi connectivity index (χ1n) is 9.18. The van der Waals surface area contributed by atoms with Crippen molar-refractivity contribution in [2.24, 2.45) is 5.16 Å². The van der Waals surface area contributed by atoms with E-state index >= 15 is 0 Å². The second-order valence-corrected chi connectivity index (χ2v) is 8.52. The Morgan fingerprint density at radius 2 is 1.79 bits per heavy atom. The smallest absolute Gasteiger partial charge is 0.412 e. The molecule has 1 aliphatic heterocycles. The van der Waals surface area contributed by atoms with Crippen LogP contribution in [0.3, 0.4) is 0 Å². The maximum absolute atomic E-state index is 12.1. The highest BCUT2D eigenvalue weighted by atomic mass is 35.5. The third-order valence-electron chi connectivity index (χ3n) is 4.50. The van der Waals surface area contributed by atoms with Crippen LogP contribution in [0.2, 0.25) is 5.02 Å². The van der Waals surface area contributed by atoms with Crippen molar-refractivity contribution in [3.05, 3.63) is 64.2 Å². The lowest BCUT2D eigenvalue weighted by Gasteiger charge is -2.28. The average Bonchev–Trinajstić information content (AvgIpc) is 2.99. The average molecular weight is 401 g/mol. The fourth-order valence-corrected chi connectivity index (χ4v) is 3.37. The first kappa shape index (κ1) is 20.2. The van der Waals surface area contributed by atoms with Gasteiger partial charge < -0.3 is 9.57 Å². The van der Waals surface area contributed by atoms with Gasteiger partial charge in [0.05, 0.1) is 5.71 Å². The fraction of sp³-hybridized carbons (Fsp3) is 0.364. The number of halogens is 1. The van der Waals surface area contributed by atoms with E-state index in [9.17, 15) is 4.79 Å². The number of ether oxygens (including phenoxy) is 1. The molecule has 0 spiro atoms. The van der Waals surface area contributed by atoms with Crippen molar-refractivity contribution in [1.29, 1.82) is 0 Å². The van der Waals surface area contributed by atoms with Crippen LogP contribution in [-0.2, 0) is 15.2 Å². The summed E-state index contributed by atoms with van der Waals surface area (Å²) in [6.07, 6.45) is 0.166. The quantitative estimate of drug-likeness (QED) is 0.683. The second kappa shape index (κ2) is 7.47. The van der Waals surface area contributed by atoms with E-state index in [0.29, 0.717) is 17.1 Å². The van der Waals surface area contributed by atoms with Crippen molar-refractivity contribution in [3.8, 4) is 0 Å². The maximum atomic E-state index is 12.1. The van der Waals surface area contributed by atoms with E-state index in [2.05, 4.69) is 10.5 Å². The largest absolute Gasteiger partial charge is 0.444 e. The molecular formula is C22H25ClN2O3. The lowest BCUT2D eigenvalue weighted by atomic mass is 9.82. The molecule has 148 valence electrons. The molecule has 0 aliphatic carbocycles. The summed E-state index contributed by atoms with van der Waals surface area (Å²) in [6, 6.07) is 13.4. The molecule has 2 aromatic carbocycles. The molecular weight excluding hydrogens is 376 g/mol. The highest BCUT2D eigenvalue weighted by molar-refractivity contribution is 6.30. The highest BCUT2D eigenvalue weighted by Crippen LogP contribution is 2.42. The molecule has 2 aromatic rings. The number of hydrogen-bond acceptors (Lipinski definition) is 4. The molecule has 5 nitrogen and oxygen atoms in total. The van der Waals surface area contributed by atoms with Crippen LogP contribution in [0, 0.1) is 6.92 Å². The summed E-state index contributed by atoms with van der Waals surface area (Å²) in [7, 11) is 0. The first-order chi connectivity index (χ1) is 13.1. The normalized spacial score (nSPS) is 19.0. The molecule has 1 aliphatic rings. The number of anilines is 1. The topological polar surface area (TPSA) is 59.9 Å². The lowest BCUT2D eigenvalue weighted by Crippen LogP contribution is -2.29. The van der Waals surface area contributed by atoms with Crippen LogP contribution in [0.5, 0.6) is 0 Å². The molecule has 1 heterocycles. The van der Waals surface area contributed by atoms with Gasteiger partial charge in [-0.1, -0.05) is 35.0 Å². The van der Waals surface area contributed by atoms with E-state index in [1.807, 2.05) is 77.1 Å². The molecule has 1 atom stereocenters. The summed E-state index contributed by atoms with van der Waals surface area (Å²) in [5.74, 6) is 0. The SMILES string of the molecule is CC1=NOC(c2ccc(Cl)cc2)(c2ccc(NC(=O)OC(C)(C)C)c(C)c2)C1. The van der Waals surface area contributed by atoms with Gasteiger partial charge in [-0.2, -0.15) is 0 Å². The maximum Gasteiger partial charge on any atom is 0.412 e. The number of nitrogens with one attached hydrogen (secondary N) is 1. The number of oxime groups is 1. The highest BCUT2D eigenvalue weighted by Gasteiger charge is 2.42. The predicted molar refractivity (Wildman–Crippen MR) is 112 cm³/mol. The molecule has 0 bridgehead atoms. The Kier molecular flexibility index (Phi) is 5.39. The molecule has 6 heteroatoms. The van der Waals surface area contributed by atoms with Gasteiger partial charge in [-0.15, -0.1) is 0 Å². The van der Waals surface area contributed by atoms with E-state index in [1.165, 1.54) is 0 Å². The van der Waals surface area contributed by atoms with Crippen molar-refractivity contribution < 1.29 is 14.4 Å². The minimum Gasteiger partial charge on any atom is -0.444 e. The minimum absolute atomic E-state index is 0.480. The number of benzene rings is 2. The zero-order valence-electron chi connectivity index (χ0n) is 16.8. The Bertz CT molecular complexity index is 916. The molecule has 1 amide bonds. The first-order valence-corrected chi connectivity index (χ1v) is 9.56. The Morgan fingerprint density at radius 3 is 2.32 bits per heavy atom. The number of rotatable bonds is 3. The third-order valence-corrected chi connectivity index (χ3v) is 4.75. The van der Waals surface area contributed by atoms with Gasteiger partial charge in [-0.05, 0) is 64.4 Å². The molecule has 0 saturated carbocycles. The van der Waals surface area contributed by atoms with Crippen LogP contribution in [0.15, 0.2) is 47.6 Å². The second-order valence-electron chi connectivity index (χ2n) is 8.09. The Morgan fingerprint density at radius 1 is 1.14 bits per heavy atom. The number of nitrogens with zero attached hydrogens (tertiary/aromatic N) is 1. The van der Waals surface area contributed by atoms with Crippen molar-refractivity contribution in [3.63, 3.8) is 0 Å². The van der Waals surface area contributed by atoms with Crippen molar-refractivity contribution in [2.45, 2.75) is 52.2 Å². The summed E-state index contributed by atoms with van der Waals surface area (Å²) in [4.78, 5) is 18.0. The molecule has 1 N–H and O–H groups in total. The number of carbonyl (C=O) groups is 1. The Hall–Kier alpha value is -2.53. The van der Waals surface area contributed by atoms with Crippen molar-refractivity contribution in [2.75, 3.05) is 5.32 Å². The van der Waals surface area contributed by atoms with Crippen molar-refractivity contribution >= 4 is 29.1 Å². The number of aryl methyl sites for hydroxylation is 1. The van der Waals surface area contributed by atoms with E-state index in [4.69, 9.17) is 21.2 Å². The summed E-state index contributed by atoms with van der Waals surface area (Å²) in [6.45, 7) is 9.38. The molecule has 1 unspecified atom stereocenters. The zero-order chi connectivity index (χ0) is 20.5. The van der Waals surface area contributed by atoms with Crippen LogP contribution in [0.25, 0.3) is 0 Å². The van der Waals surface area contributed by atoms with Crippen LogP contribution in [0.1, 0.15) is 50.8 Å². The van der Waals surface area contributed by atoms with Crippen LogP contribution in [0.4, 0.5) is 10.5 Å². The summed E-state index contributed by atoms with van der Waals surface area (Å²) >= 11 is 6.06.